The molecule has 0 aliphatic carbocycles. The van der Waals surface area contributed by atoms with Crippen molar-refractivity contribution in [2.45, 2.75) is 0 Å². The summed E-state index contributed by atoms with van der Waals surface area (Å²) in [6, 6.07) is 9.55. The Balaban J connectivity index is 2.32. The molecule has 1 heterocycles. The van der Waals surface area contributed by atoms with Crippen LogP contribution in [0.2, 0.25) is 10.0 Å². The number of fused-ring (bicyclic) bond motifs is 1. The zero-order valence-electron chi connectivity index (χ0n) is 11.3. The molecular weight excluding hydrogens is 423 g/mol. The molecule has 0 spiro atoms. The van der Waals surface area contributed by atoms with Crippen LogP contribution in [0.3, 0.4) is 0 Å². The van der Waals surface area contributed by atoms with Gasteiger partial charge in [-0.25, -0.2) is 4.57 Å². The predicted octanol–water partition coefficient (Wildman–Crippen LogP) is 4.82. The second-order valence-corrected chi connectivity index (χ2v) is 6.84. The maximum atomic E-state index is 12.7. The van der Waals surface area contributed by atoms with E-state index in [1.54, 1.807) is 24.3 Å². The number of H-pyrrole nitrogens is 1. The molecule has 23 heavy (non-hydrogen) atoms. The molecule has 1 N–H and O–H groups in total. The summed E-state index contributed by atoms with van der Waals surface area (Å²) >= 11 is 20.4. The smallest absolute Gasteiger partial charge is 0.269 e. The highest BCUT2D eigenvalue weighted by molar-refractivity contribution is 9.10. The lowest BCUT2D eigenvalue weighted by molar-refractivity contribution is 0.0954. The average Bonchev–Trinajstić information content (AvgIpc) is 2.50. The van der Waals surface area contributed by atoms with Gasteiger partial charge in [0.2, 0.25) is 0 Å². The molecule has 3 aromatic rings. The van der Waals surface area contributed by atoms with Gasteiger partial charge < -0.3 is 4.98 Å². The lowest BCUT2D eigenvalue weighted by Gasteiger charge is -2.09. The largest absolute Gasteiger partial charge is 0.331 e. The fourth-order valence-electron chi connectivity index (χ4n) is 2.15. The molecule has 8 heteroatoms. The van der Waals surface area contributed by atoms with Crippen LogP contribution in [-0.2, 0) is 0 Å². The monoisotopic (exact) mass is 428 g/mol. The molecule has 116 valence electrons. The zero-order chi connectivity index (χ0) is 16.7. The summed E-state index contributed by atoms with van der Waals surface area (Å²) < 4.78 is 1.58. The van der Waals surface area contributed by atoms with Gasteiger partial charge in [0.25, 0.3) is 11.5 Å². The topological polar surface area (TPSA) is 54.9 Å². The van der Waals surface area contributed by atoms with Crippen molar-refractivity contribution in [3.63, 3.8) is 0 Å². The fraction of sp³-hybridized carbons (Fsp3) is 0. The lowest BCUT2D eigenvalue weighted by atomic mass is 10.2. The number of carbonyl (C=O) groups excluding carboxylic acids is 1. The van der Waals surface area contributed by atoms with E-state index in [4.69, 9.17) is 35.4 Å². The SMILES string of the molecule is O=C(c1cc(Cl)ccc1Cl)n1c(=S)[nH]c2ccc(Br)cc2c1=O. The maximum absolute atomic E-state index is 12.7. The summed E-state index contributed by atoms with van der Waals surface area (Å²) in [5, 5.41) is 0.860. The third-order valence-corrected chi connectivity index (χ3v) is 4.56. The number of hydrogen-bond donors (Lipinski definition) is 1. The summed E-state index contributed by atoms with van der Waals surface area (Å²) in [7, 11) is 0. The number of nitrogens with zero attached hydrogens (tertiary/aromatic N) is 1. The van der Waals surface area contributed by atoms with Crippen LogP contribution in [-0.4, -0.2) is 15.5 Å². The summed E-state index contributed by atoms with van der Waals surface area (Å²) in [5.74, 6) is -0.634. The van der Waals surface area contributed by atoms with Crippen molar-refractivity contribution in [2.75, 3.05) is 0 Å². The second kappa shape index (κ2) is 6.20. The van der Waals surface area contributed by atoms with Gasteiger partial charge in [0, 0.05) is 9.50 Å². The van der Waals surface area contributed by atoms with E-state index in [-0.39, 0.29) is 15.4 Å². The Kier molecular flexibility index (Phi) is 4.42. The Labute approximate surface area is 153 Å². The summed E-state index contributed by atoms with van der Waals surface area (Å²) in [6.45, 7) is 0. The van der Waals surface area contributed by atoms with Crippen molar-refractivity contribution >= 4 is 68.2 Å². The Morgan fingerprint density at radius 1 is 1.17 bits per heavy atom. The van der Waals surface area contributed by atoms with Crippen LogP contribution in [0.5, 0.6) is 0 Å². The molecule has 2 aromatic carbocycles. The Hall–Kier alpha value is -1.47. The third-order valence-electron chi connectivity index (χ3n) is 3.22. The standard InChI is InChI=1S/C15H7BrCl2N2O2S/c16-7-1-4-12-10(5-7)14(22)20(15(23)19-12)13(21)9-6-8(17)2-3-11(9)18/h1-6H,(H,19,23). The zero-order valence-corrected chi connectivity index (χ0v) is 15.2. The lowest BCUT2D eigenvalue weighted by Crippen LogP contribution is -2.29. The molecule has 0 bridgehead atoms. The Morgan fingerprint density at radius 3 is 2.65 bits per heavy atom. The summed E-state index contributed by atoms with van der Waals surface area (Å²) in [5.41, 5.74) is 0.130. The quantitative estimate of drug-likeness (QED) is 0.564. The third kappa shape index (κ3) is 2.99. The molecular formula is C15H7BrCl2N2O2S. The minimum atomic E-state index is -0.634. The molecule has 0 saturated heterocycles. The maximum Gasteiger partial charge on any atom is 0.269 e. The molecule has 0 atom stereocenters. The molecule has 0 aliphatic rings. The number of rotatable bonds is 1. The van der Waals surface area contributed by atoms with Gasteiger partial charge in [-0.05, 0) is 48.6 Å². The molecule has 0 aliphatic heterocycles. The van der Waals surface area contributed by atoms with E-state index in [0.29, 0.717) is 20.4 Å². The van der Waals surface area contributed by atoms with Gasteiger partial charge in [-0.3, -0.25) is 9.59 Å². The first kappa shape index (κ1) is 16.4. The van der Waals surface area contributed by atoms with Gasteiger partial charge >= 0.3 is 0 Å². The number of aromatic amines is 1. The van der Waals surface area contributed by atoms with Crippen molar-refractivity contribution in [1.29, 1.82) is 0 Å². The number of halogens is 3. The second-order valence-electron chi connectivity index (χ2n) is 4.69. The van der Waals surface area contributed by atoms with Gasteiger partial charge in [-0.15, -0.1) is 0 Å². The van der Waals surface area contributed by atoms with Gasteiger partial charge in [-0.1, -0.05) is 39.1 Å². The number of hydrogen-bond acceptors (Lipinski definition) is 3. The summed E-state index contributed by atoms with van der Waals surface area (Å²) in [4.78, 5) is 28.3. The highest BCUT2D eigenvalue weighted by Crippen LogP contribution is 2.22. The summed E-state index contributed by atoms with van der Waals surface area (Å²) in [6.07, 6.45) is 0. The van der Waals surface area contributed by atoms with Crippen molar-refractivity contribution in [2.24, 2.45) is 0 Å². The van der Waals surface area contributed by atoms with Crippen LogP contribution in [0.15, 0.2) is 45.7 Å². The van der Waals surface area contributed by atoms with Crippen LogP contribution >= 0.6 is 51.3 Å². The van der Waals surface area contributed by atoms with E-state index in [1.807, 2.05) is 0 Å². The molecule has 0 amide bonds. The van der Waals surface area contributed by atoms with E-state index in [0.717, 1.165) is 4.57 Å². The van der Waals surface area contributed by atoms with E-state index in [9.17, 15) is 9.59 Å². The number of aromatic nitrogens is 2. The van der Waals surface area contributed by atoms with Crippen LogP contribution in [0, 0.1) is 4.77 Å². The minimum absolute atomic E-state index is 0.00846. The number of benzene rings is 2. The fourth-order valence-corrected chi connectivity index (χ4v) is 3.16. The van der Waals surface area contributed by atoms with Crippen LogP contribution in [0.25, 0.3) is 10.9 Å². The normalized spacial score (nSPS) is 10.9. The van der Waals surface area contributed by atoms with Gasteiger partial charge in [-0.2, -0.15) is 0 Å². The number of carbonyl (C=O) groups is 1. The minimum Gasteiger partial charge on any atom is -0.331 e. The first-order valence-electron chi connectivity index (χ1n) is 6.33. The van der Waals surface area contributed by atoms with E-state index < -0.39 is 11.5 Å². The van der Waals surface area contributed by atoms with Gasteiger partial charge in [0.1, 0.15) is 0 Å². The van der Waals surface area contributed by atoms with Crippen LogP contribution in [0.1, 0.15) is 10.4 Å². The highest BCUT2D eigenvalue weighted by Gasteiger charge is 2.18. The molecule has 4 nitrogen and oxygen atoms in total. The van der Waals surface area contributed by atoms with Crippen LogP contribution in [0.4, 0.5) is 0 Å². The van der Waals surface area contributed by atoms with Crippen molar-refractivity contribution in [3.8, 4) is 0 Å². The van der Waals surface area contributed by atoms with E-state index in [2.05, 4.69) is 20.9 Å². The van der Waals surface area contributed by atoms with Gasteiger partial charge in [0.15, 0.2) is 4.77 Å². The van der Waals surface area contributed by atoms with Crippen molar-refractivity contribution in [1.82, 2.24) is 9.55 Å². The number of nitrogens with one attached hydrogen (secondary N) is 1. The molecule has 3 rings (SSSR count). The first-order valence-corrected chi connectivity index (χ1v) is 8.28. The molecule has 0 unspecified atom stereocenters. The molecule has 0 saturated carbocycles. The molecule has 0 radical (unpaired) electrons. The predicted molar refractivity (Wildman–Crippen MR) is 97.3 cm³/mol. The van der Waals surface area contributed by atoms with E-state index >= 15 is 0 Å². The first-order chi connectivity index (χ1) is 10.9. The van der Waals surface area contributed by atoms with E-state index in [1.165, 1.54) is 12.1 Å². The van der Waals surface area contributed by atoms with Crippen molar-refractivity contribution in [3.05, 3.63) is 71.6 Å². The van der Waals surface area contributed by atoms with Gasteiger partial charge in [0.05, 0.1) is 21.5 Å². The van der Waals surface area contributed by atoms with Crippen LogP contribution < -0.4 is 5.56 Å². The molecule has 0 fully saturated rings. The molecule has 1 aromatic heterocycles. The Bertz CT molecular complexity index is 1080. The average molecular weight is 430 g/mol. The van der Waals surface area contributed by atoms with Crippen molar-refractivity contribution < 1.29 is 4.79 Å². The highest BCUT2D eigenvalue weighted by atomic mass is 79.9. The Morgan fingerprint density at radius 2 is 1.91 bits per heavy atom.